The second-order valence-electron chi connectivity index (χ2n) is 8.81. The van der Waals surface area contributed by atoms with E-state index in [2.05, 4.69) is 10.6 Å². The van der Waals surface area contributed by atoms with Gasteiger partial charge in [0.05, 0.1) is 30.9 Å². The molecule has 4 rings (SSSR count). The van der Waals surface area contributed by atoms with Crippen molar-refractivity contribution in [2.24, 2.45) is 5.92 Å². The van der Waals surface area contributed by atoms with Crippen LogP contribution in [0.1, 0.15) is 35.7 Å². The number of anilines is 2. The standard InChI is InChI=1S/C29H31N3O5/c1-3-16-37-24-14-10-22(11-15-24)32-19-21(17-27(32)33)28(34)31-26-7-5-4-6-25(26)29(35)30-18-20-8-12-23(36-2)13-9-20/h4-15,21H,3,16-19H2,1-2H3,(H,30,35)(H,31,34)/t21-/m0/s1. The van der Waals surface area contributed by atoms with Crippen LogP contribution in [-0.2, 0) is 16.1 Å². The van der Waals surface area contributed by atoms with Crippen LogP contribution in [0.3, 0.4) is 0 Å². The van der Waals surface area contributed by atoms with Crippen molar-refractivity contribution in [1.82, 2.24) is 5.32 Å². The Morgan fingerprint density at radius 1 is 0.973 bits per heavy atom. The minimum absolute atomic E-state index is 0.103. The minimum Gasteiger partial charge on any atom is -0.497 e. The molecule has 1 aliphatic rings. The molecular formula is C29H31N3O5. The van der Waals surface area contributed by atoms with E-state index in [-0.39, 0.29) is 30.7 Å². The van der Waals surface area contributed by atoms with Gasteiger partial charge in [-0.3, -0.25) is 14.4 Å². The summed E-state index contributed by atoms with van der Waals surface area (Å²) in [5.74, 6) is 0.237. The van der Waals surface area contributed by atoms with Crippen molar-refractivity contribution in [3.05, 3.63) is 83.9 Å². The molecule has 37 heavy (non-hydrogen) atoms. The second kappa shape index (κ2) is 12.1. The summed E-state index contributed by atoms with van der Waals surface area (Å²) in [5, 5.41) is 5.74. The van der Waals surface area contributed by atoms with E-state index in [4.69, 9.17) is 9.47 Å². The first-order valence-corrected chi connectivity index (χ1v) is 12.3. The molecular weight excluding hydrogens is 470 g/mol. The van der Waals surface area contributed by atoms with Gasteiger partial charge in [-0.2, -0.15) is 0 Å². The molecule has 1 aliphatic heterocycles. The van der Waals surface area contributed by atoms with Crippen LogP contribution >= 0.6 is 0 Å². The molecule has 0 spiro atoms. The Morgan fingerprint density at radius 3 is 2.38 bits per heavy atom. The fourth-order valence-electron chi connectivity index (χ4n) is 4.12. The van der Waals surface area contributed by atoms with E-state index in [1.807, 2.05) is 55.5 Å². The summed E-state index contributed by atoms with van der Waals surface area (Å²) in [6, 6.07) is 21.6. The first-order valence-electron chi connectivity index (χ1n) is 12.3. The van der Waals surface area contributed by atoms with Gasteiger partial charge < -0.3 is 25.0 Å². The van der Waals surface area contributed by atoms with Crippen LogP contribution in [0.15, 0.2) is 72.8 Å². The normalized spacial score (nSPS) is 14.8. The highest BCUT2D eigenvalue weighted by Gasteiger charge is 2.35. The van der Waals surface area contributed by atoms with Gasteiger partial charge in [0.25, 0.3) is 5.91 Å². The maximum atomic E-state index is 13.1. The van der Waals surface area contributed by atoms with E-state index >= 15 is 0 Å². The van der Waals surface area contributed by atoms with E-state index in [9.17, 15) is 14.4 Å². The third kappa shape index (κ3) is 6.46. The lowest BCUT2D eigenvalue weighted by molar-refractivity contribution is -0.122. The van der Waals surface area contributed by atoms with Crippen molar-refractivity contribution < 1.29 is 23.9 Å². The van der Waals surface area contributed by atoms with E-state index in [0.717, 1.165) is 29.2 Å². The summed E-state index contributed by atoms with van der Waals surface area (Å²) >= 11 is 0. The van der Waals surface area contributed by atoms with Crippen molar-refractivity contribution in [1.29, 1.82) is 0 Å². The SMILES string of the molecule is CCCOc1ccc(N2C[C@@H](C(=O)Nc3ccccc3C(=O)NCc3ccc(OC)cc3)CC2=O)cc1. The van der Waals surface area contributed by atoms with Crippen molar-refractivity contribution in [3.8, 4) is 11.5 Å². The molecule has 1 saturated heterocycles. The highest BCUT2D eigenvalue weighted by Crippen LogP contribution is 2.28. The van der Waals surface area contributed by atoms with Gasteiger partial charge in [-0.15, -0.1) is 0 Å². The number of benzene rings is 3. The van der Waals surface area contributed by atoms with Crippen LogP contribution in [0.2, 0.25) is 0 Å². The molecule has 1 fully saturated rings. The summed E-state index contributed by atoms with van der Waals surface area (Å²) in [4.78, 5) is 40.2. The van der Waals surface area contributed by atoms with Gasteiger partial charge >= 0.3 is 0 Å². The first-order chi connectivity index (χ1) is 18.0. The zero-order chi connectivity index (χ0) is 26.2. The summed E-state index contributed by atoms with van der Waals surface area (Å²) in [5.41, 5.74) is 2.41. The van der Waals surface area contributed by atoms with Crippen molar-refractivity contribution in [2.45, 2.75) is 26.3 Å². The van der Waals surface area contributed by atoms with Crippen molar-refractivity contribution in [3.63, 3.8) is 0 Å². The number of carbonyl (C=O) groups is 3. The van der Waals surface area contributed by atoms with E-state index in [0.29, 0.717) is 24.4 Å². The molecule has 8 heteroatoms. The molecule has 0 aliphatic carbocycles. The predicted octanol–water partition coefficient (Wildman–Crippen LogP) is 4.41. The second-order valence-corrected chi connectivity index (χ2v) is 8.81. The zero-order valence-corrected chi connectivity index (χ0v) is 21.0. The van der Waals surface area contributed by atoms with Crippen LogP contribution in [0.5, 0.6) is 11.5 Å². The summed E-state index contributed by atoms with van der Waals surface area (Å²) in [6.07, 6.45) is 1.02. The first kappa shape index (κ1) is 25.8. The molecule has 3 aromatic rings. The quantitative estimate of drug-likeness (QED) is 0.429. The molecule has 1 heterocycles. The van der Waals surface area contributed by atoms with Gasteiger partial charge in [0, 0.05) is 25.2 Å². The van der Waals surface area contributed by atoms with Crippen LogP contribution in [0.4, 0.5) is 11.4 Å². The molecule has 0 aromatic heterocycles. The van der Waals surface area contributed by atoms with Crippen LogP contribution in [0, 0.1) is 5.92 Å². The Morgan fingerprint density at radius 2 is 1.68 bits per heavy atom. The highest BCUT2D eigenvalue weighted by atomic mass is 16.5. The molecule has 0 unspecified atom stereocenters. The molecule has 3 aromatic carbocycles. The summed E-state index contributed by atoms with van der Waals surface area (Å²) in [6.45, 7) is 3.27. The average Bonchev–Trinajstić information content (AvgIpc) is 3.33. The number of rotatable bonds is 10. The third-order valence-electron chi connectivity index (χ3n) is 6.16. The molecule has 2 N–H and O–H groups in total. The largest absolute Gasteiger partial charge is 0.497 e. The van der Waals surface area contributed by atoms with E-state index in [1.165, 1.54) is 0 Å². The lowest BCUT2D eigenvalue weighted by Gasteiger charge is -2.18. The predicted molar refractivity (Wildman–Crippen MR) is 142 cm³/mol. The maximum Gasteiger partial charge on any atom is 0.253 e. The fourth-order valence-corrected chi connectivity index (χ4v) is 4.12. The third-order valence-corrected chi connectivity index (χ3v) is 6.16. The lowest BCUT2D eigenvalue weighted by Crippen LogP contribution is -2.29. The van der Waals surface area contributed by atoms with Gasteiger partial charge in [-0.05, 0) is 60.5 Å². The zero-order valence-electron chi connectivity index (χ0n) is 21.0. The summed E-state index contributed by atoms with van der Waals surface area (Å²) < 4.78 is 10.8. The van der Waals surface area contributed by atoms with Gasteiger partial charge in [0.1, 0.15) is 11.5 Å². The molecule has 0 radical (unpaired) electrons. The summed E-state index contributed by atoms with van der Waals surface area (Å²) in [7, 11) is 1.60. The monoisotopic (exact) mass is 501 g/mol. The number of nitrogens with one attached hydrogen (secondary N) is 2. The molecule has 0 bridgehead atoms. The Bertz CT molecular complexity index is 1240. The Hall–Kier alpha value is -4.33. The van der Waals surface area contributed by atoms with Crippen molar-refractivity contribution >= 4 is 29.1 Å². The molecule has 0 saturated carbocycles. The number of carbonyl (C=O) groups excluding carboxylic acids is 3. The van der Waals surface area contributed by atoms with Crippen LogP contribution < -0.4 is 25.0 Å². The Balaban J connectivity index is 1.37. The van der Waals surface area contributed by atoms with Crippen LogP contribution in [0.25, 0.3) is 0 Å². The van der Waals surface area contributed by atoms with Gasteiger partial charge in [0.15, 0.2) is 0 Å². The number of methoxy groups -OCH3 is 1. The number of amides is 3. The maximum absolute atomic E-state index is 13.1. The van der Waals surface area contributed by atoms with E-state index in [1.54, 1.807) is 36.3 Å². The number of hydrogen-bond acceptors (Lipinski definition) is 5. The minimum atomic E-state index is -0.529. The number of ether oxygens (including phenoxy) is 2. The Labute approximate surface area is 216 Å². The van der Waals surface area contributed by atoms with Crippen molar-refractivity contribution in [2.75, 3.05) is 30.5 Å². The average molecular weight is 502 g/mol. The fraction of sp³-hybridized carbons (Fsp3) is 0.276. The highest BCUT2D eigenvalue weighted by molar-refractivity contribution is 6.07. The number of nitrogens with zero attached hydrogens (tertiary/aromatic N) is 1. The topological polar surface area (TPSA) is 97.0 Å². The molecule has 3 amide bonds. The lowest BCUT2D eigenvalue weighted by atomic mass is 10.1. The number of para-hydroxylation sites is 1. The number of hydrogen-bond donors (Lipinski definition) is 2. The Kier molecular flexibility index (Phi) is 8.40. The molecule has 192 valence electrons. The smallest absolute Gasteiger partial charge is 0.253 e. The molecule has 1 atom stereocenters. The van der Waals surface area contributed by atoms with E-state index < -0.39 is 5.92 Å². The van der Waals surface area contributed by atoms with Gasteiger partial charge in [-0.25, -0.2) is 0 Å². The van der Waals surface area contributed by atoms with Crippen LogP contribution in [-0.4, -0.2) is 38.0 Å². The van der Waals surface area contributed by atoms with Gasteiger partial charge in [0.2, 0.25) is 11.8 Å². The molecule has 8 nitrogen and oxygen atoms in total. The van der Waals surface area contributed by atoms with Gasteiger partial charge in [-0.1, -0.05) is 31.2 Å².